The van der Waals surface area contributed by atoms with Crippen LogP contribution in [-0.2, 0) is 9.59 Å². The minimum absolute atomic E-state index is 0.191. The van der Waals surface area contributed by atoms with Crippen molar-refractivity contribution in [2.24, 2.45) is 5.92 Å². The quantitative estimate of drug-likeness (QED) is 0.408. The number of carbonyl (C=O) groups excluding carboxylic acids is 2. The van der Waals surface area contributed by atoms with E-state index in [0.29, 0.717) is 42.3 Å². The van der Waals surface area contributed by atoms with Crippen LogP contribution in [0, 0.1) is 12.0 Å². The van der Waals surface area contributed by atoms with Crippen LogP contribution in [0.1, 0.15) is 18.4 Å². The van der Waals surface area contributed by atoms with Gasteiger partial charge >= 0.3 is 0 Å². The van der Waals surface area contributed by atoms with E-state index in [0.717, 1.165) is 11.1 Å². The maximum Gasteiger partial charge on any atom is 0.246 e. The maximum atomic E-state index is 12.7. The molecule has 0 atom stereocenters. The largest absolute Gasteiger partial charge is 0.496 e. The van der Waals surface area contributed by atoms with Gasteiger partial charge in [-0.1, -0.05) is 41.4 Å². The van der Waals surface area contributed by atoms with Crippen LogP contribution in [-0.4, -0.2) is 42.1 Å². The molecule has 2 aromatic carbocycles. The number of piperidine rings is 1. The molecule has 1 heterocycles. The second-order valence-electron chi connectivity index (χ2n) is 6.85. The SMILES string of the molecule is COc1ccccc1-c1c[c]c(Cl)c(Cl)c1/C=C/C(=O)N1CCC(C(=O)NO)CC1. The zero-order valence-electron chi connectivity index (χ0n) is 16.3. The Morgan fingerprint density at radius 1 is 1.23 bits per heavy atom. The van der Waals surface area contributed by atoms with E-state index in [4.69, 9.17) is 33.1 Å². The van der Waals surface area contributed by atoms with Crippen molar-refractivity contribution in [2.75, 3.05) is 20.2 Å². The number of hydroxylamine groups is 1. The normalized spacial score (nSPS) is 14.7. The first-order valence-electron chi connectivity index (χ1n) is 9.40. The topological polar surface area (TPSA) is 78.9 Å². The summed E-state index contributed by atoms with van der Waals surface area (Å²) >= 11 is 12.6. The van der Waals surface area contributed by atoms with Crippen molar-refractivity contribution in [3.05, 3.63) is 58.1 Å². The zero-order chi connectivity index (χ0) is 21.7. The summed E-state index contributed by atoms with van der Waals surface area (Å²) in [6.45, 7) is 0.857. The van der Waals surface area contributed by atoms with E-state index < -0.39 is 5.91 Å². The summed E-state index contributed by atoms with van der Waals surface area (Å²) in [4.78, 5) is 25.9. The number of para-hydroxylation sites is 1. The third-order valence-corrected chi connectivity index (χ3v) is 5.93. The fourth-order valence-electron chi connectivity index (χ4n) is 3.48. The molecule has 157 valence electrons. The molecule has 6 nitrogen and oxygen atoms in total. The van der Waals surface area contributed by atoms with Gasteiger partial charge in [-0.15, -0.1) is 0 Å². The van der Waals surface area contributed by atoms with Crippen LogP contribution in [0.5, 0.6) is 5.75 Å². The van der Waals surface area contributed by atoms with E-state index in [1.165, 1.54) is 6.08 Å². The standard InChI is InChI=1S/C22H21Cl2N2O4/c1-30-19-5-3-2-4-16(19)15-6-8-18(23)21(24)17(15)7-9-20(27)26-12-10-14(11-13-26)22(28)25-29/h2-7,9,14,29H,10-13H2,1H3,(H,25,28)/b9-7+. The summed E-state index contributed by atoms with van der Waals surface area (Å²) < 4.78 is 5.44. The Balaban J connectivity index is 1.84. The van der Waals surface area contributed by atoms with Gasteiger partial charge in [0.1, 0.15) is 5.75 Å². The third-order valence-electron chi connectivity index (χ3n) is 5.14. The van der Waals surface area contributed by atoms with Gasteiger partial charge in [-0.05, 0) is 36.6 Å². The molecule has 0 saturated carbocycles. The Hall–Kier alpha value is -2.54. The third kappa shape index (κ3) is 4.78. The molecule has 1 radical (unpaired) electrons. The van der Waals surface area contributed by atoms with E-state index in [-0.39, 0.29) is 16.8 Å². The second kappa shape index (κ2) is 9.98. The van der Waals surface area contributed by atoms with Crippen molar-refractivity contribution < 1.29 is 19.5 Å². The van der Waals surface area contributed by atoms with Gasteiger partial charge in [-0.3, -0.25) is 14.8 Å². The van der Waals surface area contributed by atoms with Crippen LogP contribution < -0.4 is 10.2 Å². The van der Waals surface area contributed by atoms with E-state index in [1.807, 2.05) is 24.3 Å². The van der Waals surface area contributed by atoms with Crippen molar-refractivity contribution in [1.29, 1.82) is 0 Å². The number of ether oxygens (including phenoxy) is 1. The first-order valence-corrected chi connectivity index (χ1v) is 10.2. The maximum absolute atomic E-state index is 12.7. The van der Waals surface area contributed by atoms with Gasteiger partial charge in [0.15, 0.2) is 0 Å². The number of benzene rings is 2. The number of carbonyl (C=O) groups is 2. The lowest BCUT2D eigenvalue weighted by Crippen LogP contribution is -2.41. The summed E-state index contributed by atoms with van der Waals surface area (Å²) in [5, 5.41) is 9.31. The Labute approximate surface area is 185 Å². The van der Waals surface area contributed by atoms with Gasteiger partial charge in [0, 0.05) is 42.3 Å². The molecular weight excluding hydrogens is 427 g/mol. The van der Waals surface area contributed by atoms with Gasteiger partial charge in [0.2, 0.25) is 11.8 Å². The Morgan fingerprint density at radius 3 is 2.60 bits per heavy atom. The number of nitrogens with zero attached hydrogens (tertiary/aromatic N) is 1. The van der Waals surface area contributed by atoms with Crippen LogP contribution in [0.3, 0.4) is 0 Å². The molecule has 1 fully saturated rings. The fourth-order valence-corrected chi connectivity index (χ4v) is 3.86. The van der Waals surface area contributed by atoms with Crippen LogP contribution in [0.4, 0.5) is 0 Å². The molecule has 0 spiro atoms. The Kier molecular flexibility index (Phi) is 7.37. The van der Waals surface area contributed by atoms with Gasteiger partial charge in [-0.2, -0.15) is 0 Å². The van der Waals surface area contributed by atoms with E-state index in [9.17, 15) is 9.59 Å². The Bertz CT molecular complexity index is 970. The summed E-state index contributed by atoms with van der Waals surface area (Å²) in [6.07, 6.45) is 4.07. The van der Waals surface area contributed by atoms with Crippen molar-refractivity contribution in [3.8, 4) is 16.9 Å². The van der Waals surface area contributed by atoms with E-state index in [1.54, 1.807) is 29.6 Å². The highest BCUT2D eigenvalue weighted by molar-refractivity contribution is 6.43. The summed E-state index contributed by atoms with van der Waals surface area (Å²) in [7, 11) is 1.58. The zero-order valence-corrected chi connectivity index (χ0v) is 17.8. The smallest absolute Gasteiger partial charge is 0.246 e. The van der Waals surface area contributed by atoms with E-state index >= 15 is 0 Å². The number of nitrogens with one attached hydrogen (secondary N) is 1. The summed E-state index contributed by atoms with van der Waals surface area (Å²) in [5.74, 6) is -0.238. The molecule has 0 aliphatic carbocycles. The molecule has 3 rings (SSSR count). The van der Waals surface area contributed by atoms with Gasteiger partial charge in [0.25, 0.3) is 0 Å². The van der Waals surface area contributed by atoms with Crippen LogP contribution in [0.25, 0.3) is 17.2 Å². The summed E-state index contributed by atoms with van der Waals surface area (Å²) in [5.41, 5.74) is 3.81. The van der Waals surface area contributed by atoms with Gasteiger partial charge in [-0.25, -0.2) is 5.48 Å². The molecule has 2 amide bonds. The van der Waals surface area contributed by atoms with Gasteiger partial charge in [0.05, 0.1) is 17.2 Å². The minimum atomic E-state index is -0.416. The summed E-state index contributed by atoms with van der Waals surface area (Å²) in [6, 6.07) is 12.1. The van der Waals surface area contributed by atoms with Crippen molar-refractivity contribution >= 4 is 41.1 Å². The van der Waals surface area contributed by atoms with E-state index in [2.05, 4.69) is 6.07 Å². The number of hydrogen-bond donors (Lipinski definition) is 2. The molecule has 2 aromatic rings. The monoisotopic (exact) mass is 447 g/mol. The number of likely N-dealkylation sites (tertiary alicyclic amines) is 1. The molecule has 2 N–H and O–H groups in total. The highest BCUT2D eigenvalue weighted by Crippen LogP contribution is 2.38. The highest BCUT2D eigenvalue weighted by Gasteiger charge is 2.26. The predicted molar refractivity (Wildman–Crippen MR) is 116 cm³/mol. The lowest BCUT2D eigenvalue weighted by molar-refractivity contribution is -0.137. The van der Waals surface area contributed by atoms with Gasteiger partial charge < -0.3 is 9.64 Å². The first-order chi connectivity index (χ1) is 14.5. The lowest BCUT2D eigenvalue weighted by Gasteiger charge is -2.30. The van der Waals surface area contributed by atoms with Crippen molar-refractivity contribution in [3.63, 3.8) is 0 Å². The molecule has 8 heteroatoms. The Morgan fingerprint density at radius 2 is 1.93 bits per heavy atom. The highest BCUT2D eigenvalue weighted by atomic mass is 35.5. The lowest BCUT2D eigenvalue weighted by atomic mass is 9.96. The minimum Gasteiger partial charge on any atom is -0.496 e. The number of halogens is 2. The molecular formula is C22H21Cl2N2O4. The van der Waals surface area contributed by atoms with Crippen LogP contribution >= 0.6 is 23.2 Å². The molecule has 0 unspecified atom stereocenters. The number of rotatable bonds is 5. The van der Waals surface area contributed by atoms with Crippen molar-refractivity contribution in [1.82, 2.24) is 10.4 Å². The van der Waals surface area contributed by atoms with Crippen molar-refractivity contribution in [2.45, 2.75) is 12.8 Å². The molecule has 1 saturated heterocycles. The number of hydrogen-bond acceptors (Lipinski definition) is 4. The number of methoxy groups -OCH3 is 1. The average molecular weight is 448 g/mol. The average Bonchev–Trinajstić information content (AvgIpc) is 2.79. The molecule has 1 aliphatic heterocycles. The molecule has 0 bridgehead atoms. The second-order valence-corrected chi connectivity index (χ2v) is 7.61. The van der Waals surface area contributed by atoms with Crippen LogP contribution in [0.2, 0.25) is 10.0 Å². The molecule has 1 aliphatic rings. The molecule has 0 aromatic heterocycles. The van der Waals surface area contributed by atoms with Crippen LogP contribution in [0.15, 0.2) is 36.4 Å². The fraction of sp³-hybridized carbons (Fsp3) is 0.273. The number of amides is 2. The molecule has 30 heavy (non-hydrogen) atoms. The first kappa shape index (κ1) is 22.2. The predicted octanol–water partition coefficient (Wildman–Crippen LogP) is 4.23.